The van der Waals surface area contributed by atoms with Crippen LogP contribution in [0.15, 0.2) is 0 Å². The number of piperidine rings is 1. The number of aliphatic hydroxyl groups is 1. The van der Waals surface area contributed by atoms with Gasteiger partial charge < -0.3 is 20.2 Å². The number of nitrogens with one attached hydrogen (secondary N) is 1. The fraction of sp³-hybridized carbons (Fsp3) is 0.933. The van der Waals surface area contributed by atoms with Crippen LogP contribution in [0, 0.1) is 5.92 Å². The van der Waals surface area contributed by atoms with Crippen molar-refractivity contribution in [2.75, 3.05) is 33.3 Å². The van der Waals surface area contributed by atoms with Gasteiger partial charge in [0.25, 0.3) is 0 Å². The highest BCUT2D eigenvalue weighted by molar-refractivity contribution is 5.74. The minimum atomic E-state index is -0.0766. The second-order valence-electron chi connectivity index (χ2n) is 6.37. The molecule has 0 aromatic carbocycles. The van der Waals surface area contributed by atoms with Crippen molar-refractivity contribution in [2.24, 2.45) is 5.92 Å². The summed E-state index contributed by atoms with van der Waals surface area (Å²) in [5.74, 6) is 0.552. The predicted octanol–water partition coefficient (Wildman–Crippen LogP) is 1.27. The van der Waals surface area contributed by atoms with Crippen LogP contribution in [0.25, 0.3) is 0 Å². The lowest BCUT2D eigenvalue weighted by Crippen LogP contribution is -2.52. The predicted molar refractivity (Wildman–Crippen MR) is 79.6 cm³/mol. The lowest BCUT2D eigenvalue weighted by Gasteiger charge is -2.44. The molecule has 2 aliphatic rings. The van der Waals surface area contributed by atoms with E-state index in [2.05, 4.69) is 17.1 Å². The number of rotatable bonds is 5. The van der Waals surface area contributed by atoms with E-state index >= 15 is 0 Å². The number of amides is 2. The summed E-state index contributed by atoms with van der Waals surface area (Å²) in [5, 5.41) is 11.9. The molecule has 2 atom stereocenters. The molecule has 2 amide bonds. The van der Waals surface area contributed by atoms with E-state index in [1.807, 2.05) is 0 Å². The molecule has 0 spiro atoms. The van der Waals surface area contributed by atoms with Crippen LogP contribution in [0.2, 0.25) is 0 Å². The van der Waals surface area contributed by atoms with E-state index in [9.17, 15) is 4.79 Å². The van der Waals surface area contributed by atoms with Gasteiger partial charge in [-0.15, -0.1) is 0 Å². The molecule has 1 heterocycles. The van der Waals surface area contributed by atoms with Crippen LogP contribution in [0.3, 0.4) is 0 Å². The van der Waals surface area contributed by atoms with E-state index in [0.29, 0.717) is 12.5 Å². The molecule has 5 nitrogen and oxygen atoms in total. The van der Waals surface area contributed by atoms with E-state index in [4.69, 9.17) is 5.11 Å². The first-order chi connectivity index (χ1) is 9.61. The van der Waals surface area contributed by atoms with Gasteiger partial charge in [-0.3, -0.25) is 0 Å². The lowest BCUT2D eigenvalue weighted by atomic mass is 9.86. The van der Waals surface area contributed by atoms with Crippen molar-refractivity contribution in [3.05, 3.63) is 0 Å². The third-order valence-electron chi connectivity index (χ3n) is 4.92. The van der Waals surface area contributed by atoms with Crippen molar-refractivity contribution in [1.29, 1.82) is 0 Å². The maximum Gasteiger partial charge on any atom is 0.317 e. The monoisotopic (exact) mass is 283 g/mol. The van der Waals surface area contributed by atoms with Crippen LogP contribution in [-0.2, 0) is 0 Å². The standard InChI is InChI=1S/C15H29N3O2/c1-12(16-15(20)17(2)9-10-19)13-5-4-8-18(11-13)14-6-3-7-14/h12-14,19H,3-11H2,1-2H3,(H,16,20). The van der Waals surface area contributed by atoms with Gasteiger partial charge in [0.2, 0.25) is 0 Å². The Labute approximate surface area is 122 Å². The number of aliphatic hydroxyl groups excluding tert-OH is 1. The van der Waals surface area contributed by atoms with E-state index in [-0.39, 0.29) is 18.7 Å². The molecule has 2 unspecified atom stereocenters. The van der Waals surface area contributed by atoms with Crippen molar-refractivity contribution < 1.29 is 9.90 Å². The number of urea groups is 1. The Bertz CT molecular complexity index is 320. The molecule has 1 aliphatic carbocycles. The zero-order chi connectivity index (χ0) is 14.5. The highest BCUT2D eigenvalue weighted by Gasteiger charge is 2.32. The summed E-state index contributed by atoms with van der Waals surface area (Å²) in [7, 11) is 1.72. The smallest absolute Gasteiger partial charge is 0.317 e. The molecule has 0 aromatic rings. The quantitative estimate of drug-likeness (QED) is 0.799. The minimum Gasteiger partial charge on any atom is -0.395 e. The van der Waals surface area contributed by atoms with Crippen molar-refractivity contribution in [1.82, 2.24) is 15.1 Å². The number of carbonyl (C=O) groups is 1. The SMILES string of the molecule is CC(NC(=O)N(C)CCO)C1CCCN(C2CCC2)C1. The van der Waals surface area contributed by atoms with Crippen molar-refractivity contribution in [2.45, 2.75) is 51.1 Å². The molecule has 0 bridgehead atoms. The number of likely N-dealkylation sites (N-methyl/N-ethyl adjacent to an activating group) is 1. The number of likely N-dealkylation sites (tertiary alicyclic amines) is 1. The summed E-state index contributed by atoms with van der Waals surface area (Å²) < 4.78 is 0. The number of hydrogen-bond donors (Lipinski definition) is 2. The Morgan fingerprint density at radius 1 is 1.40 bits per heavy atom. The Kier molecular flexibility index (Phi) is 5.66. The number of carbonyl (C=O) groups excluding carboxylic acids is 1. The first-order valence-corrected chi connectivity index (χ1v) is 7.98. The van der Waals surface area contributed by atoms with Crippen LogP contribution < -0.4 is 5.32 Å². The van der Waals surface area contributed by atoms with Gasteiger partial charge in [0, 0.05) is 32.2 Å². The molecule has 0 radical (unpaired) electrons. The maximum atomic E-state index is 12.0. The van der Waals surface area contributed by atoms with E-state index in [1.54, 1.807) is 11.9 Å². The van der Waals surface area contributed by atoms with Gasteiger partial charge in [-0.25, -0.2) is 4.79 Å². The van der Waals surface area contributed by atoms with Gasteiger partial charge >= 0.3 is 6.03 Å². The second kappa shape index (κ2) is 7.27. The largest absolute Gasteiger partial charge is 0.395 e. The maximum absolute atomic E-state index is 12.0. The number of nitrogens with zero attached hydrogens (tertiary/aromatic N) is 2. The Morgan fingerprint density at radius 2 is 2.15 bits per heavy atom. The molecule has 1 saturated carbocycles. The van der Waals surface area contributed by atoms with Crippen molar-refractivity contribution in [3.63, 3.8) is 0 Å². The van der Waals surface area contributed by atoms with Crippen LogP contribution in [0.5, 0.6) is 0 Å². The van der Waals surface area contributed by atoms with Gasteiger partial charge in [0.05, 0.1) is 6.61 Å². The molecule has 20 heavy (non-hydrogen) atoms. The first-order valence-electron chi connectivity index (χ1n) is 7.98. The topological polar surface area (TPSA) is 55.8 Å². The molecular weight excluding hydrogens is 254 g/mol. The molecule has 116 valence electrons. The normalized spacial score (nSPS) is 25.9. The van der Waals surface area contributed by atoms with Gasteiger partial charge in [-0.05, 0) is 45.1 Å². The zero-order valence-electron chi connectivity index (χ0n) is 12.8. The van der Waals surface area contributed by atoms with Gasteiger partial charge in [-0.1, -0.05) is 6.42 Å². The summed E-state index contributed by atoms with van der Waals surface area (Å²) in [6.45, 7) is 4.86. The fourth-order valence-corrected chi connectivity index (χ4v) is 3.21. The summed E-state index contributed by atoms with van der Waals surface area (Å²) in [5.41, 5.74) is 0. The summed E-state index contributed by atoms with van der Waals surface area (Å²) in [4.78, 5) is 16.1. The molecule has 5 heteroatoms. The molecular formula is C15H29N3O2. The highest BCUT2D eigenvalue weighted by Crippen LogP contribution is 2.30. The summed E-state index contributed by atoms with van der Waals surface area (Å²) in [6.07, 6.45) is 6.53. The Morgan fingerprint density at radius 3 is 2.75 bits per heavy atom. The van der Waals surface area contributed by atoms with E-state index in [0.717, 1.165) is 12.6 Å². The van der Waals surface area contributed by atoms with Crippen molar-refractivity contribution in [3.8, 4) is 0 Å². The Balaban J connectivity index is 1.78. The van der Waals surface area contributed by atoms with E-state index in [1.165, 1.54) is 38.6 Å². The highest BCUT2D eigenvalue weighted by atomic mass is 16.3. The third kappa shape index (κ3) is 3.85. The first kappa shape index (κ1) is 15.6. The molecule has 0 aromatic heterocycles. The lowest BCUT2D eigenvalue weighted by molar-refractivity contribution is 0.0670. The molecule has 1 saturated heterocycles. The molecule has 2 rings (SSSR count). The van der Waals surface area contributed by atoms with E-state index < -0.39 is 0 Å². The summed E-state index contributed by atoms with van der Waals surface area (Å²) in [6, 6.07) is 0.927. The van der Waals surface area contributed by atoms with Gasteiger partial charge in [0.1, 0.15) is 0 Å². The van der Waals surface area contributed by atoms with Crippen LogP contribution >= 0.6 is 0 Å². The minimum absolute atomic E-state index is 0.0111. The van der Waals surface area contributed by atoms with Gasteiger partial charge in [0.15, 0.2) is 0 Å². The third-order valence-corrected chi connectivity index (χ3v) is 4.92. The second-order valence-corrected chi connectivity index (χ2v) is 6.37. The average Bonchev–Trinajstić information content (AvgIpc) is 2.37. The fourth-order valence-electron chi connectivity index (χ4n) is 3.21. The number of hydrogen-bond acceptors (Lipinski definition) is 3. The van der Waals surface area contributed by atoms with Crippen LogP contribution in [0.4, 0.5) is 4.79 Å². The van der Waals surface area contributed by atoms with Crippen LogP contribution in [-0.4, -0.2) is 66.3 Å². The molecule has 2 N–H and O–H groups in total. The van der Waals surface area contributed by atoms with Crippen LogP contribution in [0.1, 0.15) is 39.0 Å². The molecule has 1 aliphatic heterocycles. The Hall–Kier alpha value is -0.810. The summed E-state index contributed by atoms with van der Waals surface area (Å²) >= 11 is 0. The zero-order valence-corrected chi connectivity index (χ0v) is 12.8. The molecule has 2 fully saturated rings. The average molecular weight is 283 g/mol. The van der Waals surface area contributed by atoms with Crippen molar-refractivity contribution >= 4 is 6.03 Å². The van der Waals surface area contributed by atoms with Gasteiger partial charge in [-0.2, -0.15) is 0 Å².